The highest BCUT2D eigenvalue weighted by molar-refractivity contribution is 6.15. The molecule has 0 N–H and O–H groups in total. The zero-order chi connectivity index (χ0) is 19.8. The number of pyridine rings is 1. The molecule has 4 heteroatoms. The molecule has 0 unspecified atom stereocenters. The summed E-state index contributed by atoms with van der Waals surface area (Å²) in [6.07, 6.45) is 3.79. The Balaban J connectivity index is 1.85. The van der Waals surface area contributed by atoms with E-state index in [-0.39, 0.29) is 10.6 Å². The second-order valence-corrected chi connectivity index (χ2v) is 6.87. The first kappa shape index (κ1) is 17.1. The van der Waals surface area contributed by atoms with Crippen LogP contribution in [0.5, 0.6) is 0 Å². The lowest BCUT2D eigenvalue weighted by atomic mass is 9.96. The molecule has 0 spiro atoms. The second kappa shape index (κ2) is 6.84. The third-order valence-corrected chi connectivity index (χ3v) is 5.17. The Morgan fingerprint density at radius 3 is 2.31 bits per heavy atom. The van der Waals surface area contributed by atoms with E-state index < -0.39 is 0 Å². The van der Waals surface area contributed by atoms with Crippen LogP contribution < -0.4 is 0 Å². The number of nitro benzene ring substituents is 1. The van der Waals surface area contributed by atoms with Gasteiger partial charge in [-0.15, -0.1) is 0 Å². The molecule has 4 nitrogen and oxygen atoms in total. The molecule has 5 aromatic rings. The van der Waals surface area contributed by atoms with Gasteiger partial charge in [-0.3, -0.25) is 10.1 Å². The van der Waals surface area contributed by atoms with Gasteiger partial charge in [0.15, 0.2) is 0 Å². The fourth-order valence-corrected chi connectivity index (χ4v) is 3.84. The monoisotopic (exact) mass is 376 g/mol. The van der Waals surface area contributed by atoms with Crippen LogP contribution in [0.3, 0.4) is 0 Å². The number of hydrogen-bond acceptors (Lipinski definition) is 3. The SMILES string of the molecule is O=[N+]([O-])c1ccccc1C=Cc1c2ccccc2nc2ccc3ccccc3c12. The lowest BCUT2D eigenvalue weighted by Crippen LogP contribution is -1.91. The smallest absolute Gasteiger partial charge is 0.258 e. The predicted molar refractivity (Wildman–Crippen MR) is 119 cm³/mol. The molecule has 0 saturated carbocycles. The van der Waals surface area contributed by atoms with Crippen LogP contribution in [-0.2, 0) is 0 Å². The Bertz CT molecular complexity index is 1440. The van der Waals surface area contributed by atoms with E-state index in [2.05, 4.69) is 18.2 Å². The van der Waals surface area contributed by atoms with Gasteiger partial charge in [-0.1, -0.05) is 66.7 Å². The van der Waals surface area contributed by atoms with E-state index in [1.165, 1.54) is 6.07 Å². The van der Waals surface area contributed by atoms with Crippen molar-refractivity contribution >= 4 is 50.4 Å². The second-order valence-electron chi connectivity index (χ2n) is 6.87. The van der Waals surface area contributed by atoms with Crippen LogP contribution in [0.2, 0.25) is 0 Å². The van der Waals surface area contributed by atoms with Crippen molar-refractivity contribution in [2.75, 3.05) is 0 Å². The van der Waals surface area contributed by atoms with Crippen molar-refractivity contribution in [1.82, 2.24) is 4.98 Å². The zero-order valence-corrected chi connectivity index (χ0v) is 15.4. The molecule has 0 aliphatic carbocycles. The molecule has 138 valence electrons. The number of hydrogen-bond donors (Lipinski definition) is 0. The summed E-state index contributed by atoms with van der Waals surface area (Å²) in [4.78, 5) is 15.9. The quantitative estimate of drug-likeness (QED) is 0.154. The third kappa shape index (κ3) is 2.91. The Labute approximate surface area is 166 Å². The van der Waals surface area contributed by atoms with Crippen LogP contribution in [0.25, 0.3) is 44.7 Å². The molecule has 1 heterocycles. The van der Waals surface area contributed by atoms with Gasteiger partial charge in [0, 0.05) is 16.8 Å². The first-order valence-corrected chi connectivity index (χ1v) is 9.34. The summed E-state index contributed by atoms with van der Waals surface area (Å²) in [6, 6.07) is 27.1. The molecular weight excluding hydrogens is 360 g/mol. The highest BCUT2D eigenvalue weighted by atomic mass is 16.6. The van der Waals surface area contributed by atoms with Gasteiger partial charge in [-0.25, -0.2) is 4.98 Å². The maximum Gasteiger partial charge on any atom is 0.276 e. The van der Waals surface area contributed by atoms with Gasteiger partial charge in [-0.05, 0) is 40.6 Å². The topological polar surface area (TPSA) is 56.0 Å². The lowest BCUT2D eigenvalue weighted by molar-refractivity contribution is -0.385. The summed E-state index contributed by atoms with van der Waals surface area (Å²) in [7, 11) is 0. The number of nitrogens with zero attached hydrogens (tertiary/aromatic N) is 2. The van der Waals surface area contributed by atoms with Crippen LogP contribution in [0.15, 0.2) is 84.9 Å². The van der Waals surface area contributed by atoms with E-state index in [1.807, 2.05) is 60.7 Å². The summed E-state index contributed by atoms with van der Waals surface area (Å²) in [6.45, 7) is 0. The molecule has 0 amide bonds. The Hall–Kier alpha value is -4.05. The molecule has 4 aromatic carbocycles. The van der Waals surface area contributed by atoms with Gasteiger partial charge in [0.25, 0.3) is 5.69 Å². The van der Waals surface area contributed by atoms with E-state index in [4.69, 9.17) is 4.98 Å². The molecule has 0 atom stereocenters. The van der Waals surface area contributed by atoms with Crippen molar-refractivity contribution in [3.8, 4) is 0 Å². The first-order valence-electron chi connectivity index (χ1n) is 9.34. The highest BCUT2D eigenvalue weighted by Crippen LogP contribution is 2.33. The number of rotatable bonds is 3. The zero-order valence-electron chi connectivity index (χ0n) is 15.4. The van der Waals surface area contributed by atoms with Crippen LogP contribution in [0.1, 0.15) is 11.1 Å². The molecule has 1 aromatic heterocycles. The fourth-order valence-electron chi connectivity index (χ4n) is 3.84. The molecule has 0 saturated heterocycles. The summed E-state index contributed by atoms with van der Waals surface area (Å²) in [5, 5.41) is 15.7. The Morgan fingerprint density at radius 2 is 1.45 bits per heavy atom. The lowest BCUT2D eigenvalue weighted by Gasteiger charge is -2.10. The van der Waals surface area contributed by atoms with Crippen molar-refractivity contribution in [3.05, 3.63) is 106 Å². The van der Waals surface area contributed by atoms with E-state index in [1.54, 1.807) is 12.1 Å². The van der Waals surface area contributed by atoms with E-state index >= 15 is 0 Å². The third-order valence-electron chi connectivity index (χ3n) is 5.17. The summed E-state index contributed by atoms with van der Waals surface area (Å²) < 4.78 is 0. The van der Waals surface area contributed by atoms with Crippen molar-refractivity contribution in [1.29, 1.82) is 0 Å². The number of aromatic nitrogens is 1. The Morgan fingerprint density at radius 1 is 0.724 bits per heavy atom. The van der Waals surface area contributed by atoms with Gasteiger partial charge < -0.3 is 0 Å². The molecule has 0 aliphatic heterocycles. The highest BCUT2D eigenvalue weighted by Gasteiger charge is 2.12. The van der Waals surface area contributed by atoms with Gasteiger partial charge in [0.2, 0.25) is 0 Å². The number of para-hydroxylation sites is 2. The molecule has 0 fully saturated rings. The van der Waals surface area contributed by atoms with Crippen LogP contribution in [-0.4, -0.2) is 9.91 Å². The van der Waals surface area contributed by atoms with Crippen LogP contribution in [0.4, 0.5) is 5.69 Å². The minimum Gasteiger partial charge on any atom is -0.258 e. The van der Waals surface area contributed by atoms with Crippen molar-refractivity contribution in [2.45, 2.75) is 0 Å². The van der Waals surface area contributed by atoms with Crippen LogP contribution >= 0.6 is 0 Å². The number of nitro groups is 1. The normalized spacial score (nSPS) is 11.6. The summed E-state index contributed by atoms with van der Waals surface area (Å²) in [5.74, 6) is 0. The molecule has 0 radical (unpaired) electrons. The molecule has 0 aliphatic rings. The van der Waals surface area contributed by atoms with Gasteiger partial charge in [0.05, 0.1) is 21.5 Å². The maximum atomic E-state index is 11.4. The maximum absolute atomic E-state index is 11.4. The number of fused-ring (bicyclic) bond motifs is 4. The molecule has 5 rings (SSSR count). The van der Waals surface area contributed by atoms with E-state index in [9.17, 15) is 10.1 Å². The molecule has 29 heavy (non-hydrogen) atoms. The van der Waals surface area contributed by atoms with Crippen molar-refractivity contribution < 1.29 is 4.92 Å². The van der Waals surface area contributed by atoms with Gasteiger partial charge in [-0.2, -0.15) is 0 Å². The average molecular weight is 376 g/mol. The predicted octanol–water partition coefficient (Wildman–Crippen LogP) is 6.62. The minimum atomic E-state index is -0.349. The molecule has 0 bridgehead atoms. The summed E-state index contributed by atoms with van der Waals surface area (Å²) >= 11 is 0. The van der Waals surface area contributed by atoms with Gasteiger partial charge in [0.1, 0.15) is 0 Å². The number of benzene rings is 4. The van der Waals surface area contributed by atoms with Crippen LogP contribution in [0, 0.1) is 10.1 Å². The first-order chi connectivity index (χ1) is 14.2. The average Bonchev–Trinajstić information content (AvgIpc) is 2.76. The van der Waals surface area contributed by atoms with Crippen molar-refractivity contribution in [2.24, 2.45) is 0 Å². The van der Waals surface area contributed by atoms with E-state index in [0.29, 0.717) is 5.56 Å². The van der Waals surface area contributed by atoms with E-state index in [0.717, 1.165) is 38.1 Å². The van der Waals surface area contributed by atoms with Crippen molar-refractivity contribution in [3.63, 3.8) is 0 Å². The largest absolute Gasteiger partial charge is 0.276 e. The summed E-state index contributed by atoms with van der Waals surface area (Å²) in [5.41, 5.74) is 3.49. The van der Waals surface area contributed by atoms with Gasteiger partial charge >= 0.3 is 0 Å². The minimum absolute atomic E-state index is 0.0938. The molecular formula is C25H16N2O2. The Kier molecular flexibility index (Phi) is 4.03. The standard InChI is InChI=1S/C25H16N2O2/c28-27(29)24-12-6-2-8-18(24)13-15-21-20-10-4-5-11-22(20)26-23-16-14-17-7-1-3-9-19(17)25(21)23/h1-16H. The fraction of sp³-hybridized carbons (Fsp3) is 0.